The van der Waals surface area contributed by atoms with Gasteiger partial charge in [0.15, 0.2) is 0 Å². The molecule has 5 nitrogen and oxygen atoms in total. The van der Waals surface area contributed by atoms with Crippen LogP contribution in [0.25, 0.3) is 0 Å². The van der Waals surface area contributed by atoms with Crippen LogP contribution in [0.5, 0.6) is 0 Å². The molecule has 0 unspecified atom stereocenters. The molecule has 0 spiro atoms. The molecule has 0 atom stereocenters. The Kier molecular flexibility index (Phi) is 5.67. The molecule has 1 heterocycles. The molecule has 1 aromatic rings. The van der Waals surface area contributed by atoms with Crippen molar-refractivity contribution in [3.05, 3.63) is 18.0 Å². The van der Waals surface area contributed by atoms with E-state index in [1.54, 1.807) is 12.3 Å². The van der Waals surface area contributed by atoms with E-state index in [-0.39, 0.29) is 11.9 Å². The summed E-state index contributed by atoms with van der Waals surface area (Å²) in [5.41, 5.74) is 7.01. The minimum atomic E-state index is -0.0901. The van der Waals surface area contributed by atoms with Crippen LogP contribution < -0.4 is 11.1 Å². The van der Waals surface area contributed by atoms with E-state index in [1.807, 2.05) is 18.4 Å². The summed E-state index contributed by atoms with van der Waals surface area (Å²) in [7, 11) is 0. The second-order valence-electron chi connectivity index (χ2n) is 6.05. The first kappa shape index (κ1) is 15.9. The molecular formula is C16H27N3O2. The van der Waals surface area contributed by atoms with Gasteiger partial charge < -0.3 is 20.4 Å². The van der Waals surface area contributed by atoms with Crippen LogP contribution in [-0.4, -0.2) is 29.7 Å². The Bertz CT molecular complexity index is 462. The molecule has 3 N–H and O–H groups in total. The van der Waals surface area contributed by atoms with Crippen molar-refractivity contribution in [1.82, 2.24) is 9.88 Å². The minimum absolute atomic E-state index is 0.0901. The number of nitrogens with zero attached hydrogens (tertiary/aromatic N) is 1. The van der Waals surface area contributed by atoms with Gasteiger partial charge in [0.05, 0.1) is 18.4 Å². The number of aromatic nitrogens is 1. The summed E-state index contributed by atoms with van der Waals surface area (Å²) in [5, 5.41) is 2.91. The largest absolute Gasteiger partial charge is 0.397 e. The Labute approximate surface area is 126 Å². The van der Waals surface area contributed by atoms with E-state index in [9.17, 15) is 4.79 Å². The smallest absolute Gasteiger partial charge is 0.268 e. The first-order valence-corrected chi connectivity index (χ1v) is 7.95. The van der Waals surface area contributed by atoms with Gasteiger partial charge >= 0.3 is 0 Å². The minimum Gasteiger partial charge on any atom is -0.397 e. The van der Waals surface area contributed by atoms with Crippen molar-refractivity contribution >= 4 is 11.6 Å². The second-order valence-corrected chi connectivity index (χ2v) is 6.05. The number of carbonyl (C=O) groups is 1. The van der Waals surface area contributed by atoms with E-state index >= 15 is 0 Å². The van der Waals surface area contributed by atoms with Gasteiger partial charge in [0, 0.05) is 18.8 Å². The summed E-state index contributed by atoms with van der Waals surface area (Å²) in [6.45, 7) is 5.18. The molecule has 0 aromatic carbocycles. The van der Waals surface area contributed by atoms with Crippen LogP contribution in [0.15, 0.2) is 12.3 Å². The lowest BCUT2D eigenvalue weighted by Gasteiger charge is -2.22. The monoisotopic (exact) mass is 293 g/mol. The number of amides is 1. The summed E-state index contributed by atoms with van der Waals surface area (Å²) in [4.78, 5) is 12.2. The molecule has 1 aliphatic carbocycles. The zero-order valence-electron chi connectivity index (χ0n) is 13.1. The number of hydrogen-bond donors (Lipinski definition) is 2. The third kappa shape index (κ3) is 4.49. The molecule has 0 saturated heterocycles. The van der Waals surface area contributed by atoms with E-state index in [0.29, 0.717) is 30.6 Å². The lowest BCUT2D eigenvalue weighted by molar-refractivity contribution is 0.0299. The van der Waals surface area contributed by atoms with Gasteiger partial charge in [0.25, 0.3) is 5.91 Å². The first-order valence-electron chi connectivity index (χ1n) is 7.95. The van der Waals surface area contributed by atoms with Crippen LogP contribution in [0.2, 0.25) is 0 Å². The number of nitrogens with one attached hydrogen (secondary N) is 1. The molecule has 5 heteroatoms. The number of nitrogens with two attached hydrogens (primary N) is 1. The van der Waals surface area contributed by atoms with E-state index in [2.05, 4.69) is 5.32 Å². The van der Waals surface area contributed by atoms with Crippen LogP contribution in [0, 0.1) is 0 Å². The van der Waals surface area contributed by atoms with E-state index in [1.165, 1.54) is 19.3 Å². The lowest BCUT2D eigenvalue weighted by atomic mass is 9.98. The fraction of sp³-hybridized carbons (Fsp3) is 0.688. The predicted octanol–water partition coefficient (Wildman–Crippen LogP) is 2.73. The van der Waals surface area contributed by atoms with Gasteiger partial charge in [-0.15, -0.1) is 0 Å². The maximum absolute atomic E-state index is 12.2. The quantitative estimate of drug-likeness (QED) is 0.792. The Morgan fingerprint density at radius 3 is 2.81 bits per heavy atom. The highest BCUT2D eigenvalue weighted by atomic mass is 16.5. The van der Waals surface area contributed by atoms with Crippen molar-refractivity contribution in [3.8, 4) is 0 Å². The van der Waals surface area contributed by atoms with Gasteiger partial charge in [-0.05, 0) is 32.8 Å². The second kappa shape index (κ2) is 7.50. The number of rotatable bonds is 6. The van der Waals surface area contributed by atoms with Gasteiger partial charge in [-0.1, -0.05) is 19.3 Å². The molecule has 21 heavy (non-hydrogen) atoms. The van der Waals surface area contributed by atoms with Crippen molar-refractivity contribution in [1.29, 1.82) is 0 Å². The first-order chi connectivity index (χ1) is 10.1. The number of anilines is 1. The Morgan fingerprint density at radius 2 is 2.14 bits per heavy atom. The van der Waals surface area contributed by atoms with Crippen LogP contribution in [0.1, 0.15) is 62.5 Å². The maximum atomic E-state index is 12.2. The van der Waals surface area contributed by atoms with Gasteiger partial charge in [0.2, 0.25) is 0 Å². The van der Waals surface area contributed by atoms with Crippen LogP contribution in [-0.2, 0) is 4.74 Å². The molecule has 1 aromatic heterocycles. The van der Waals surface area contributed by atoms with Crippen molar-refractivity contribution < 1.29 is 9.53 Å². The van der Waals surface area contributed by atoms with Gasteiger partial charge in [-0.2, -0.15) is 0 Å². The highest BCUT2D eigenvalue weighted by Crippen LogP contribution is 2.20. The topological polar surface area (TPSA) is 69.3 Å². The molecule has 1 saturated carbocycles. The fourth-order valence-electron chi connectivity index (χ4n) is 2.82. The van der Waals surface area contributed by atoms with Crippen LogP contribution in [0.3, 0.4) is 0 Å². The molecule has 0 aliphatic heterocycles. The summed E-state index contributed by atoms with van der Waals surface area (Å²) in [6, 6.07) is 1.93. The summed E-state index contributed by atoms with van der Waals surface area (Å²) in [5.74, 6) is -0.0901. The van der Waals surface area contributed by atoms with Crippen molar-refractivity contribution in [2.45, 2.75) is 58.1 Å². The average molecular weight is 293 g/mol. The Balaban J connectivity index is 1.76. The normalized spacial score (nSPS) is 16.3. The Morgan fingerprint density at radius 1 is 1.43 bits per heavy atom. The van der Waals surface area contributed by atoms with E-state index < -0.39 is 0 Å². The Hall–Kier alpha value is -1.49. The van der Waals surface area contributed by atoms with Gasteiger partial charge in [-0.3, -0.25) is 4.79 Å². The zero-order chi connectivity index (χ0) is 15.2. The highest BCUT2D eigenvalue weighted by molar-refractivity contribution is 5.93. The molecule has 1 aliphatic rings. The SMILES string of the molecule is CC(C)n1cc(N)cc1C(=O)NCCOC1CCCCC1. The van der Waals surface area contributed by atoms with Crippen molar-refractivity contribution in [3.63, 3.8) is 0 Å². The molecule has 118 valence electrons. The number of nitrogen functional groups attached to an aromatic ring is 1. The standard InChI is InChI=1S/C16H27N3O2/c1-12(2)19-11-13(17)10-15(19)16(20)18-8-9-21-14-6-4-3-5-7-14/h10-12,14H,3-9,17H2,1-2H3,(H,18,20). The maximum Gasteiger partial charge on any atom is 0.268 e. The molecule has 0 radical (unpaired) electrons. The number of ether oxygens (including phenoxy) is 1. The molecule has 0 bridgehead atoms. The van der Waals surface area contributed by atoms with Crippen LogP contribution in [0.4, 0.5) is 5.69 Å². The summed E-state index contributed by atoms with van der Waals surface area (Å²) in [6.07, 6.45) is 8.34. The fourth-order valence-corrected chi connectivity index (χ4v) is 2.82. The molecule has 2 rings (SSSR count). The third-order valence-electron chi connectivity index (χ3n) is 3.95. The predicted molar refractivity (Wildman–Crippen MR) is 84.4 cm³/mol. The van der Waals surface area contributed by atoms with Crippen molar-refractivity contribution in [2.24, 2.45) is 0 Å². The van der Waals surface area contributed by atoms with Crippen molar-refractivity contribution in [2.75, 3.05) is 18.9 Å². The van der Waals surface area contributed by atoms with Gasteiger partial charge in [0.1, 0.15) is 5.69 Å². The molecule has 1 fully saturated rings. The van der Waals surface area contributed by atoms with E-state index in [4.69, 9.17) is 10.5 Å². The summed E-state index contributed by atoms with van der Waals surface area (Å²) >= 11 is 0. The highest BCUT2D eigenvalue weighted by Gasteiger charge is 2.16. The number of hydrogen-bond acceptors (Lipinski definition) is 3. The number of carbonyl (C=O) groups excluding carboxylic acids is 1. The third-order valence-corrected chi connectivity index (χ3v) is 3.95. The van der Waals surface area contributed by atoms with Gasteiger partial charge in [-0.25, -0.2) is 0 Å². The molecular weight excluding hydrogens is 266 g/mol. The zero-order valence-corrected chi connectivity index (χ0v) is 13.1. The summed E-state index contributed by atoms with van der Waals surface area (Å²) < 4.78 is 7.70. The van der Waals surface area contributed by atoms with Crippen LogP contribution >= 0.6 is 0 Å². The molecule has 1 amide bonds. The average Bonchev–Trinajstić information content (AvgIpc) is 2.87. The lowest BCUT2D eigenvalue weighted by Crippen LogP contribution is -2.31. The van der Waals surface area contributed by atoms with E-state index in [0.717, 1.165) is 12.8 Å².